The fourth-order valence-electron chi connectivity index (χ4n) is 1.50. The summed E-state index contributed by atoms with van der Waals surface area (Å²) in [6, 6.07) is 7.83. The third kappa shape index (κ3) is 3.30. The summed E-state index contributed by atoms with van der Waals surface area (Å²) < 4.78 is 10.6. The van der Waals surface area contributed by atoms with Gasteiger partial charge in [0.05, 0.1) is 13.0 Å². The van der Waals surface area contributed by atoms with Crippen LogP contribution in [0.2, 0.25) is 0 Å². The molecule has 96 valence electrons. The quantitative estimate of drug-likeness (QED) is 0.877. The number of nitrogens with zero attached hydrogens (tertiary/aromatic N) is 2. The summed E-state index contributed by atoms with van der Waals surface area (Å²) in [6.45, 7) is 4.07. The molecule has 0 aliphatic carbocycles. The molecule has 1 aromatic heterocycles. The molecule has 2 aromatic rings. The molecule has 1 unspecified atom stereocenters. The van der Waals surface area contributed by atoms with E-state index < -0.39 is 6.10 Å². The summed E-state index contributed by atoms with van der Waals surface area (Å²) in [7, 11) is 0. The first-order valence-electron chi connectivity index (χ1n) is 5.85. The minimum Gasteiger partial charge on any atom is -0.493 e. The van der Waals surface area contributed by atoms with Crippen LogP contribution < -0.4 is 4.74 Å². The molecule has 1 N–H and O–H groups in total. The SMILES string of the molecule is Cc1cccc(OCCc2nc(C(C)O)no2)c1. The molecule has 0 amide bonds. The molecule has 1 aromatic carbocycles. The van der Waals surface area contributed by atoms with Gasteiger partial charge in [-0.05, 0) is 31.5 Å². The van der Waals surface area contributed by atoms with Crippen LogP contribution in [0.25, 0.3) is 0 Å². The lowest BCUT2D eigenvalue weighted by Gasteiger charge is -2.04. The molecule has 0 aliphatic rings. The minimum absolute atomic E-state index is 0.306. The maximum atomic E-state index is 9.25. The second kappa shape index (κ2) is 5.64. The van der Waals surface area contributed by atoms with Crippen molar-refractivity contribution in [2.45, 2.75) is 26.4 Å². The molecule has 0 aliphatic heterocycles. The van der Waals surface area contributed by atoms with Crippen molar-refractivity contribution in [1.82, 2.24) is 10.1 Å². The van der Waals surface area contributed by atoms with Gasteiger partial charge in [-0.15, -0.1) is 0 Å². The van der Waals surface area contributed by atoms with Crippen molar-refractivity contribution in [2.75, 3.05) is 6.61 Å². The highest BCUT2D eigenvalue weighted by atomic mass is 16.5. The van der Waals surface area contributed by atoms with Gasteiger partial charge >= 0.3 is 0 Å². The van der Waals surface area contributed by atoms with Gasteiger partial charge in [-0.1, -0.05) is 17.3 Å². The van der Waals surface area contributed by atoms with Gasteiger partial charge in [-0.3, -0.25) is 0 Å². The summed E-state index contributed by atoms with van der Waals surface area (Å²) in [4.78, 5) is 4.05. The van der Waals surface area contributed by atoms with Crippen LogP contribution in [0, 0.1) is 6.92 Å². The van der Waals surface area contributed by atoms with Crippen molar-refractivity contribution in [3.8, 4) is 5.75 Å². The average Bonchev–Trinajstić information content (AvgIpc) is 2.78. The average molecular weight is 248 g/mol. The molecule has 18 heavy (non-hydrogen) atoms. The van der Waals surface area contributed by atoms with Gasteiger partial charge in [-0.25, -0.2) is 0 Å². The van der Waals surface area contributed by atoms with Crippen LogP contribution in [0.5, 0.6) is 5.75 Å². The summed E-state index contributed by atoms with van der Waals surface area (Å²) in [5.74, 6) is 1.60. The Morgan fingerprint density at radius 3 is 2.94 bits per heavy atom. The summed E-state index contributed by atoms with van der Waals surface area (Å²) in [5.41, 5.74) is 1.15. The molecule has 0 bridgehead atoms. The van der Waals surface area contributed by atoms with Crippen LogP contribution in [0.1, 0.15) is 30.3 Å². The van der Waals surface area contributed by atoms with E-state index in [2.05, 4.69) is 10.1 Å². The Morgan fingerprint density at radius 2 is 2.28 bits per heavy atom. The number of aryl methyl sites for hydroxylation is 1. The Morgan fingerprint density at radius 1 is 1.44 bits per heavy atom. The van der Waals surface area contributed by atoms with Crippen molar-refractivity contribution in [3.05, 3.63) is 41.5 Å². The van der Waals surface area contributed by atoms with E-state index in [-0.39, 0.29) is 0 Å². The maximum absolute atomic E-state index is 9.25. The molecule has 0 saturated heterocycles. The number of aliphatic hydroxyl groups excluding tert-OH is 1. The molecule has 5 nitrogen and oxygen atoms in total. The summed E-state index contributed by atoms with van der Waals surface area (Å²) in [6.07, 6.45) is -0.187. The maximum Gasteiger partial charge on any atom is 0.230 e. The second-order valence-corrected chi connectivity index (χ2v) is 4.14. The monoisotopic (exact) mass is 248 g/mol. The Bertz CT molecular complexity index is 508. The van der Waals surface area contributed by atoms with Crippen LogP contribution in [0.15, 0.2) is 28.8 Å². The van der Waals surface area contributed by atoms with E-state index in [1.54, 1.807) is 6.92 Å². The molecular weight excluding hydrogens is 232 g/mol. The highest BCUT2D eigenvalue weighted by Crippen LogP contribution is 2.13. The molecule has 1 heterocycles. The fraction of sp³-hybridized carbons (Fsp3) is 0.385. The fourth-order valence-corrected chi connectivity index (χ4v) is 1.50. The summed E-state index contributed by atoms with van der Waals surface area (Å²) >= 11 is 0. The Labute approximate surface area is 105 Å². The number of ether oxygens (including phenoxy) is 1. The van der Waals surface area contributed by atoms with Crippen LogP contribution >= 0.6 is 0 Å². The van der Waals surface area contributed by atoms with Gasteiger partial charge in [0.25, 0.3) is 0 Å². The van der Waals surface area contributed by atoms with Gasteiger partial charge < -0.3 is 14.4 Å². The van der Waals surface area contributed by atoms with Crippen LogP contribution in [0.3, 0.4) is 0 Å². The molecule has 0 spiro atoms. The van der Waals surface area contributed by atoms with Gasteiger partial charge in [0.15, 0.2) is 5.82 Å². The molecule has 5 heteroatoms. The third-order valence-corrected chi connectivity index (χ3v) is 2.43. The highest BCUT2D eigenvalue weighted by molar-refractivity contribution is 5.27. The largest absolute Gasteiger partial charge is 0.493 e. The molecule has 0 saturated carbocycles. The van der Waals surface area contributed by atoms with Crippen molar-refractivity contribution in [1.29, 1.82) is 0 Å². The summed E-state index contributed by atoms with van der Waals surface area (Å²) in [5, 5.41) is 12.9. The van der Waals surface area contributed by atoms with Gasteiger partial charge in [0, 0.05) is 0 Å². The van der Waals surface area contributed by atoms with E-state index in [1.165, 1.54) is 0 Å². The number of hydrogen-bond acceptors (Lipinski definition) is 5. The highest BCUT2D eigenvalue weighted by Gasteiger charge is 2.10. The van der Waals surface area contributed by atoms with Crippen LogP contribution in [-0.2, 0) is 6.42 Å². The molecular formula is C13H16N2O3. The van der Waals surface area contributed by atoms with E-state index in [4.69, 9.17) is 9.26 Å². The van der Waals surface area contributed by atoms with E-state index in [0.29, 0.717) is 24.7 Å². The van der Waals surface area contributed by atoms with E-state index >= 15 is 0 Å². The predicted molar refractivity (Wildman–Crippen MR) is 65.3 cm³/mol. The second-order valence-electron chi connectivity index (χ2n) is 4.14. The van der Waals surface area contributed by atoms with Gasteiger partial charge in [0.1, 0.15) is 11.9 Å². The zero-order valence-electron chi connectivity index (χ0n) is 10.5. The zero-order chi connectivity index (χ0) is 13.0. The van der Waals surface area contributed by atoms with Crippen molar-refractivity contribution in [3.63, 3.8) is 0 Å². The van der Waals surface area contributed by atoms with E-state index in [0.717, 1.165) is 11.3 Å². The van der Waals surface area contributed by atoms with Crippen LogP contribution in [0.4, 0.5) is 0 Å². The van der Waals surface area contributed by atoms with E-state index in [9.17, 15) is 5.11 Å². The lowest BCUT2D eigenvalue weighted by molar-refractivity contribution is 0.184. The van der Waals surface area contributed by atoms with Crippen LogP contribution in [-0.4, -0.2) is 21.9 Å². The number of aromatic nitrogens is 2. The first-order chi connectivity index (χ1) is 8.65. The zero-order valence-corrected chi connectivity index (χ0v) is 10.5. The standard InChI is InChI=1S/C13H16N2O3/c1-9-4-3-5-11(8-9)17-7-6-12-14-13(10(2)16)15-18-12/h3-5,8,10,16H,6-7H2,1-2H3. The van der Waals surface area contributed by atoms with Gasteiger partial charge in [-0.2, -0.15) is 4.98 Å². The minimum atomic E-state index is -0.708. The molecule has 1 atom stereocenters. The first kappa shape index (κ1) is 12.6. The van der Waals surface area contributed by atoms with Crippen molar-refractivity contribution >= 4 is 0 Å². The first-order valence-corrected chi connectivity index (χ1v) is 5.85. The lowest BCUT2D eigenvalue weighted by Crippen LogP contribution is -2.02. The molecule has 0 radical (unpaired) electrons. The van der Waals surface area contributed by atoms with Gasteiger partial charge in [0.2, 0.25) is 5.89 Å². The Balaban J connectivity index is 1.84. The molecule has 2 rings (SSSR count). The third-order valence-electron chi connectivity index (χ3n) is 2.43. The van der Waals surface area contributed by atoms with Crippen molar-refractivity contribution in [2.24, 2.45) is 0 Å². The topological polar surface area (TPSA) is 68.4 Å². The Kier molecular flexibility index (Phi) is 3.94. The number of hydrogen-bond donors (Lipinski definition) is 1. The van der Waals surface area contributed by atoms with E-state index in [1.807, 2.05) is 31.2 Å². The smallest absolute Gasteiger partial charge is 0.230 e. The number of rotatable bonds is 5. The van der Waals surface area contributed by atoms with Crippen molar-refractivity contribution < 1.29 is 14.4 Å². The molecule has 0 fully saturated rings. The number of aliphatic hydroxyl groups is 1. The Hall–Kier alpha value is -1.88. The lowest BCUT2D eigenvalue weighted by atomic mass is 10.2. The predicted octanol–water partition coefficient (Wildman–Crippen LogP) is 2.05. The number of benzene rings is 1. The normalized spacial score (nSPS) is 12.4.